The highest BCUT2D eigenvalue weighted by atomic mass is 32.2. The first-order chi connectivity index (χ1) is 6.11. The van der Waals surface area contributed by atoms with Gasteiger partial charge in [0.2, 0.25) is 0 Å². The van der Waals surface area contributed by atoms with Crippen LogP contribution < -0.4 is 0 Å². The summed E-state index contributed by atoms with van der Waals surface area (Å²) in [5.74, 6) is 1.73. The van der Waals surface area contributed by atoms with Crippen molar-refractivity contribution in [3.05, 3.63) is 0 Å². The smallest absolute Gasteiger partial charge is 0.309 e. The van der Waals surface area contributed by atoms with E-state index in [4.69, 9.17) is 5.11 Å². The maximum atomic E-state index is 11.0. The van der Waals surface area contributed by atoms with Gasteiger partial charge in [0.15, 0.2) is 0 Å². The van der Waals surface area contributed by atoms with Crippen molar-refractivity contribution in [2.24, 2.45) is 11.8 Å². The van der Waals surface area contributed by atoms with Crippen molar-refractivity contribution in [3.8, 4) is 0 Å². The van der Waals surface area contributed by atoms with Crippen LogP contribution in [0.15, 0.2) is 0 Å². The lowest BCUT2D eigenvalue weighted by Crippen LogP contribution is -2.16. The number of aliphatic hydroxyl groups is 1. The predicted molar refractivity (Wildman–Crippen MR) is 54.8 cm³/mol. The largest absolute Gasteiger partial charge is 0.469 e. The highest BCUT2D eigenvalue weighted by Crippen LogP contribution is 2.13. The van der Waals surface area contributed by atoms with Gasteiger partial charge in [0.05, 0.1) is 13.0 Å². The molecule has 3 nitrogen and oxygen atoms in total. The number of hydrogen-bond acceptors (Lipinski definition) is 4. The van der Waals surface area contributed by atoms with Gasteiger partial charge >= 0.3 is 5.97 Å². The first-order valence-electron chi connectivity index (χ1n) is 4.38. The van der Waals surface area contributed by atoms with Crippen molar-refractivity contribution in [2.45, 2.75) is 13.8 Å². The summed E-state index contributed by atoms with van der Waals surface area (Å²) in [5.41, 5.74) is 0. The SMILES string of the molecule is COC(=O)C(C)CSCC(C)CO. The molecule has 0 aliphatic heterocycles. The lowest BCUT2D eigenvalue weighted by atomic mass is 10.2. The molecule has 0 saturated carbocycles. The van der Waals surface area contributed by atoms with Crippen LogP contribution in [0.2, 0.25) is 0 Å². The summed E-state index contributed by atoms with van der Waals surface area (Å²) in [6, 6.07) is 0. The van der Waals surface area contributed by atoms with E-state index in [2.05, 4.69) is 4.74 Å². The molecule has 4 heteroatoms. The molecule has 78 valence electrons. The van der Waals surface area contributed by atoms with Crippen molar-refractivity contribution in [3.63, 3.8) is 0 Å². The van der Waals surface area contributed by atoms with Gasteiger partial charge in [-0.3, -0.25) is 4.79 Å². The average Bonchev–Trinajstić information content (AvgIpc) is 2.15. The van der Waals surface area contributed by atoms with E-state index < -0.39 is 0 Å². The molecule has 0 rings (SSSR count). The van der Waals surface area contributed by atoms with Crippen LogP contribution in [0.1, 0.15) is 13.8 Å². The third kappa shape index (κ3) is 5.93. The number of carbonyl (C=O) groups is 1. The normalized spacial score (nSPS) is 15.1. The predicted octanol–water partition coefficient (Wildman–Crippen LogP) is 1.16. The van der Waals surface area contributed by atoms with Crippen LogP contribution in [0.3, 0.4) is 0 Å². The zero-order valence-corrected chi connectivity index (χ0v) is 9.26. The van der Waals surface area contributed by atoms with Crippen molar-refractivity contribution in [2.75, 3.05) is 25.2 Å². The summed E-state index contributed by atoms with van der Waals surface area (Å²) in [6.07, 6.45) is 0. The van der Waals surface area contributed by atoms with Crippen molar-refractivity contribution in [1.82, 2.24) is 0 Å². The van der Waals surface area contributed by atoms with Crippen LogP contribution >= 0.6 is 11.8 Å². The Balaban J connectivity index is 3.47. The Kier molecular flexibility index (Phi) is 7.09. The Morgan fingerprint density at radius 1 is 1.46 bits per heavy atom. The third-order valence-electron chi connectivity index (χ3n) is 1.69. The second-order valence-corrected chi connectivity index (χ2v) is 4.32. The second-order valence-electron chi connectivity index (χ2n) is 3.25. The molecule has 0 heterocycles. The number of esters is 1. The van der Waals surface area contributed by atoms with Gasteiger partial charge in [-0.2, -0.15) is 11.8 Å². The fourth-order valence-corrected chi connectivity index (χ4v) is 1.90. The number of ether oxygens (including phenoxy) is 1. The van der Waals surface area contributed by atoms with Crippen LogP contribution in [-0.4, -0.2) is 36.3 Å². The fourth-order valence-electron chi connectivity index (χ4n) is 0.768. The van der Waals surface area contributed by atoms with E-state index in [1.807, 2.05) is 13.8 Å². The molecule has 0 aromatic carbocycles. The fraction of sp³-hybridized carbons (Fsp3) is 0.889. The average molecular weight is 206 g/mol. The molecule has 0 aliphatic carbocycles. The lowest BCUT2D eigenvalue weighted by Gasteiger charge is -2.10. The Bertz CT molecular complexity index is 150. The standard InChI is InChI=1S/C9H18O3S/c1-7(4-10)5-13-6-8(2)9(11)12-3/h7-8,10H,4-6H2,1-3H3. The molecular formula is C9H18O3S. The maximum Gasteiger partial charge on any atom is 0.309 e. The van der Waals surface area contributed by atoms with Crippen molar-refractivity contribution in [1.29, 1.82) is 0 Å². The molecular weight excluding hydrogens is 188 g/mol. The third-order valence-corrected chi connectivity index (χ3v) is 3.23. The second kappa shape index (κ2) is 7.21. The highest BCUT2D eigenvalue weighted by Gasteiger charge is 2.13. The van der Waals surface area contributed by atoms with Gasteiger partial charge in [0.1, 0.15) is 0 Å². The van der Waals surface area contributed by atoms with Gasteiger partial charge < -0.3 is 9.84 Å². The molecule has 0 aliphatic rings. The number of carbonyl (C=O) groups excluding carboxylic acids is 1. The molecule has 2 atom stereocenters. The summed E-state index contributed by atoms with van der Waals surface area (Å²) < 4.78 is 4.59. The van der Waals surface area contributed by atoms with Gasteiger partial charge in [-0.25, -0.2) is 0 Å². The Morgan fingerprint density at radius 2 is 2.08 bits per heavy atom. The molecule has 0 spiro atoms. The van der Waals surface area contributed by atoms with E-state index in [0.717, 1.165) is 11.5 Å². The maximum absolute atomic E-state index is 11.0. The van der Waals surface area contributed by atoms with Crippen LogP contribution in [-0.2, 0) is 9.53 Å². The number of thioether (sulfide) groups is 1. The first kappa shape index (κ1) is 12.8. The van der Waals surface area contributed by atoms with Crippen molar-refractivity contribution < 1.29 is 14.6 Å². The van der Waals surface area contributed by atoms with Crippen LogP contribution in [0.5, 0.6) is 0 Å². The first-order valence-corrected chi connectivity index (χ1v) is 5.53. The molecule has 0 bridgehead atoms. The molecule has 2 unspecified atom stereocenters. The van der Waals surface area contributed by atoms with Gasteiger partial charge in [-0.05, 0) is 11.7 Å². The minimum absolute atomic E-state index is 0.0547. The summed E-state index contributed by atoms with van der Waals surface area (Å²) >= 11 is 1.68. The quantitative estimate of drug-likeness (QED) is 0.662. The molecule has 0 radical (unpaired) electrons. The molecule has 0 aromatic rings. The van der Waals surface area contributed by atoms with Crippen LogP contribution in [0.4, 0.5) is 0 Å². The molecule has 0 fully saturated rings. The highest BCUT2D eigenvalue weighted by molar-refractivity contribution is 7.99. The summed E-state index contributed by atoms with van der Waals surface area (Å²) in [7, 11) is 1.40. The van der Waals surface area contributed by atoms with E-state index in [1.54, 1.807) is 11.8 Å². The van der Waals surface area contributed by atoms with E-state index >= 15 is 0 Å². The Hall–Kier alpha value is -0.220. The molecule has 0 saturated heterocycles. The number of aliphatic hydroxyl groups excluding tert-OH is 1. The Labute approximate surface area is 83.9 Å². The van der Waals surface area contributed by atoms with Gasteiger partial charge in [0.25, 0.3) is 0 Å². The number of methoxy groups -OCH3 is 1. The molecule has 0 amide bonds. The monoisotopic (exact) mass is 206 g/mol. The van der Waals surface area contributed by atoms with E-state index in [1.165, 1.54) is 7.11 Å². The van der Waals surface area contributed by atoms with Crippen LogP contribution in [0, 0.1) is 11.8 Å². The minimum Gasteiger partial charge on any atom is -0.469 e. The van der Waals surface area contributed by atoms with E-state index in [-0.39, 0.29) is 18.5 Å². The Morgan fingerprint density at radius 3 is 2.54 bits per heavy atom. The van der Waals surface area contributed by atoms with Gasteiger partial charge in [0, 0.05) is 12.4 Å². The van der Waals surface area contributed by atoms with E-state index in [0.29, 0.717) is 5.92 Å². The van der Waals surface area contributed by atoms with Crippen LogP contribution in [0.25, 0.3) is 0 Å². The van der Waals surface area contributed by atoms with Gasteiger partial charge in [-0.15, -0.1) is 0 Å². The molecule has 0 aromatic heterocycles. The van der Waals surface area contributed by atoms with Crippen molar-refractivity contribution >= 4 is 17.7 Å². The summed E-state index contributed by atoms with van der Waals surface area (Å²) in [6.45, 7) is 4.04. The number of hydrogen-bond donors (Lipinski definition) is 1. The zero-order valence-electron chi connectivity index (χ0n) is 8.45. The zero-order chi connectivity index (χ0) is 10.3. The van der Waals surface area contributed by atoms with E-state index in [9.17, 15) is 4.79 Å². The topological polar surface area (TPSA) is 46.5 Å². The molecule has 1 N–H and O–H groups in total. The summed E-state index contributed by atoms with van der Waals surface area (Å²) in [4.78, 5) is 11.0. The summed E-state index contributed by atoms with van der Waals surface area (Å²) in [5, 5.41) is 8.75. The molecule has 13 heavy (non-hydrogen) atoms. The minimum atomic E-state index is -0.163. The van der Waals surface area contributed by atoms with Gasteiger partial charge in [-0.1, -0.05) is 13.8 Å². The number of rotatable bonds is 6. The lowest BCUT2D eigenvalue weighted by molar-refractivity contribution is -0.143.